The Morgan fingerprint density at radius 3 is 2.70 bits per heavy atom. The molecule has 1 aromatic carbocycles. The normalized spacial score (nSPS) is 20.6. The van der Waals surface area contributed by atoms with Gasteiger partial charge in [-0.3, -0.25) is 9.69 Å². The first-order chi connectivity index (χ1) is 11.2. The highest BCUT2D eigenvalue weighted by Gasteiger charge is 2.23. The fraction of sp³-hybridized carbons (Fsp3) is 0.632. The molecule has 0 bridgehead atoms. The average molecular weight is 315 g/mol. The van der Waals surface area contributed by atoms with E-state index >= 15 is 0 Å². The maximum atomic E-state index is 12.5. The van der Waals surface area contributed by atoms with Gasteiger partial charge in [0.25, 0.3) is 0 Å². The molecule has 1 amide bonds. The van der Waals surface area contributed by atoms with Crippen LogP contribution in [-0.4, -0.2) is 41.9 Å². The van der Waals surface area contributed by atoms with Crippen LogP contribution in [-0.2, 0) is 11.3 Å². The van der Waals surface area contributed by atoms with Crippen molar-refractivity contribution in [1.29, 1.82) is 0 Å². The molecule has 126 valence electrons. The van der Waals surface area contributed by atoms with Crippen molar-refractivity contribution >= 4 is 11.6 Å². The summed E-state index contributed by atoms with van der Waals surface area (Å²) in [6.45, 7) is 4.73. The number of anilines is 1. The van der Waals surface area contributed by atoms with E-state index in [1.807, 2.05) is 18.2 Å². The highest BCUT2D eigenvalue weighted by atomic mass is 16.2. The Kier molecular flexibility index (Phi) is 5.55. The third-order valence-corrected chi connectivity index (χ3v) is 5.24. The summed E-state index contributed by atoms with van der Waals surface area (Å²) < 4.78 is 0. The topological polar surface area (TPSA) is 49.6 Å². The minimum Gasteiger partial charge on any atom is -0.399 e. The van der Waals surface area contributed by atoms with Crippen LogP contribution in [0.1, 0.15) is 44.1 Å². The Morgan fingerprint density at radius 1 is 1.09 bits per heavy atom. The lowest BCUT2D eigenvalue weighted by atomic mass is 10.0. The van der Waals surface area contributed by atoms with Gasteiger partial charge in [0, 0.05) is 44.8 Å². The molecule has 1 saturated carbocycles. The van der Waals surface area contributed by atoms with E-state index in [2.05, 4.69) is 15.9 Å². The number of benzene rings is 1. The smallest absolute Gasteiger partial charge is 0.222 e. The first-order valence-corrected chi connectivity index (χ1v) is 9.05. The van der Waals surface area contributed by atoms with Crippen LogP contribution in [0.15, 0.2) is 24.3 Å². The van der Waals surface area contributed by atoms with Gasteiger partial charge in [0.2, 0.25) is 5.91 Å². The molecule has 2 N–H and O–H groups in total. The van der Waals surface area contributed by atoms with Crippen molar-refractivity contribution in [2.45, 2.75) is 45.1 Å². The lowest BCUT2D eigenvalue weighted by Crippen LogP contribution is -2.35. The second-order valence-corrected chi connectivity index (χ2v) is 7.11. The molecule has 1 saturated heterocycles. The second kappa shape index (κ2) is 7.82. The van der Waals surface area contributed by atoms with E-state index in [0.29, 0.717) is 11.8 Å². The maximum Gasteiger partial charge on any atom is 0.222 e. The van der Waals surface area contributed by atoms with Crippen LogP contribution in [0.3, 0.4) is 0 Å². The predicted molar refractivity (Wildman–Crippen MR) is 93.9 cm³/mol. The highest BCUT2D eigenvalue weighted by molar-refractivity contribution is 5.76. The molecule has 0 aromatic heterocycles. The Hall–Kier alpha value is -1.55. The Morgan fingerprint density at radius 2 is 1.91 bits per heavy atom. The molecule has 0 spiro atoms. The predicted octanol–water partition coefficient (Wildman–Crippen LogP) is 2.88. The molecule has 0 atom stereocenters. The summed E-state index contributed by atoms with van der Waals surface area (Å²) in [5.74, 6) is 1.02. The maximum absolute atomic E-state index is 12.5. The SMILES string of the molecule is Nc1cccc(CN2CCCN(C(=O)CC3CCCC3)CC2)c1. The van der Waals surface area contributed by atoms with E-state index in [4.69, 9.17) is 5.73 Å². The molecule has 23 heavy (non-hydrogen) atoms. The standard InChI is InChI=1S/C19H29N3O/c20-18-8-3-7-17(13-18)15-21-9-4-10-22(12-11-21)19(23)14-16-5-1-2-6-16/h3,7-8,13,16H,1-2,4-6,9-12,14-15,20H2. The van der Waals surface area contributed by atoms with Gasteiger partial charge in [-0.1, -0.05) is 25.0 Å². The fourth-order valence-electron chi connectivity index (χ4n) is 3.92. The summed E-state index contributed by atoms with van der Waals surface area (Å²) in [6.07, 6.45) is 6.97. The van der Waals surface area contributed by atoms with E-state index < -0.39 is 0 Å². The van der Waals surface area contributed by atoms with Crippen molar-refractivity contribution in [3.05, 3.63) is 29.8 Å². The number of nitrogens with zero attached hydrogens (tertiary/aromatic N) is 2. The molecular weight excluding hydrogens is 286 g/mol. The first-order valence-electron chi connectivity index (χ1n) is 9.05. The number of hydrogen-bond donors (Lipinski definition) is 1. The van der Waals surface area contributed by atoms with Gasteiger partial charge in [0.1, 0.15) is 0 Å². The molecule has 2 fully saturated rings. The fourth-order valence-corrected chi connectivity index (χ4v) is 3.92. The minimum absolute atomic E-state index is 0.378. The van der Waals surface area contributed by atoms with Gasteiger partial charge in [0.15, 0.2) is 0 Å². The van der Waals surface area contributed by atoms with Crippen molar-refractivity contribution < 1.29 is 4.79 Å². The monoisotopic (exact) mass is 315 g/mol. The quantitative estimate of drug-likeness (QED) is 0.869. The molecule has 0 unspecified atom stereocenters. The Bertz CT molecular complexity index is 525. The van der Waals surface area contributed by atoms with E-state index in [1.165, 1.54) is 31.2 Å². The summed E-state index contributed by atoms with van der Waals surface area (Å²) in [4.78, 5) is 17.0. The van der Waals surface area contributed by atoms with Gasteiger partial charge in [-0.15, -0.1) is 0 Å². The molecule has 2 aliphatic rings. The van der Waals surface area contributed by atoms with Crippen LogP contribution in [0.2, 0.25) is 0 Å². The number of nitrogens with two attached hydrogens (primary N) is 1. The molecule has 1 aliphatic carbocycles. The Balaban J connectivity index is 1.49. The number of carbonyl (C=O) groups is 1. The summed E-state index contributed by atoms with van der Waals surface area (Å²) in [5, 5.41) is 0. The molecule has 4 nitrogen and oxygen atoms in total. The minimum atomic E-state index is 0.378. The van der Waals surface area contributed by atoms with Gasteiger partial charge in [-0.25, -0.2) is 0 Å². The number of rotatable bonds is 4. The molecule has 1 aromatic rings. The van der Waals surface area contributed by atoms with Crippen molar-refractivity contribution in [3.63, 3.8) is 0 Å². The molecule has 1 heterocycles. The molecule has 0 radical (unpaired) electrons. The first kappa shape index (κ1) is 16.3. The molecule has 1 aliphatic heterocycles. The number of hydrogen-bond acceptors (Lipinski definition) is 3. The number of nitrogen functional groups attached to an aromatic ring is 1. The van der Waals surface area contributed by atoms with Crippen LogP contribution in [0.4, 0.5) is 5.69 Å². The molecule has 3 rings (SSSR count). The molecule has 4 heteroatoms. The zero-order valence-corrected chi connectivity index (χ0v) is 14.0. The second-order valence-electron chi connectivity index (χ2n) is 7.11. The Labute approximate surface area is 139 Å². The van der Waals surface area contributed by atoms with Crippen LogP contribution in [0.5, 0.6) is 0 Å². The third kappa shape index (κ3) is 4.71. The summed E-state index contributed by atoms with van der Waals surface area (Å²) in [7, 11) is 0. The van der Waals surface area contributed by atoms with Gasteiger partial charge >= 0.3 is 0 Å². The van der Waals surface area contributed by atoms with Gasteiger partial charge in [-0.2, -0.15) is 0 Å². The van der Waals surface area contributed by atoms with Crippen molar-refractivity contribution in [2.75, 3.05) is 31.9 Å². The van der Waals surface area contributed by atoms with Crippen LogP contribution >= 0.6 is 0 Å². The van der Waals surface area contributed by atoms with Gasteiger partial charge in [0.05, 0.1) is 0 Å². The van der Waals surface area contributed by atoms with Crippen molar-refractivity contribution in [1.82, 2.24) is 9.80 Å². The van der Waals surface area contributed by atoms with E-state index in [1.54, 1.807) is 0 Å². The molecular formula is C19H29N3O. The van der Waals surface area contributed by atoms with E-state index in [9.17, 15) is 4.79 Å². The van der Waals surface area contributed by atoms with Crippen LogP contribution < -0.4 is 5.73 Å². The van der Waals surface area contributed by atoms with Crippen molar-refractivity contribution in [2.24, 2.45) is 5.92 Å². The van der Waals surface area contributed by atoms with E-state index in [0.717, 1.165) is 51.3 Å². The highest BCUT2D eigenvalue weighted by Crippen LogP contribution is 2.28. The van der Waals surface area contributed by atoms with Crippen LogP contribution in [0, 0.1) is 5.92 Å². The van der Waals surface area contributed by atoms with Crippen LogP contribution in [0.25, 0.3) is 0 Å². The lowest BCUT2D eigenvalue weighted by molar-refractivity contribution is -0.132. The summed E-state index contributed by atoms with van der Waals surface area (Å²) in [5.41, 5.74) is 7.95. The number of carbonyl (C=O) groups excluding carboxylic acids is 1. The summed E-state index contributed by atoms with van der Waals surface area (Å²) >= 11 is 0. The average Bonchev–Trinajstić information content (AvgIpc) is 2.92. The third-order valence-electron chi connectivity index (χ3n) is 5.24. The van der Waals surface area contributed by atoms with Crippen molar-refractivity contribution in [3.8, 4) is 0 Å². The van der Waals surface area contributed by atoms with Gasteiger partial charge in [-0.05, 0) is 42.9 Å². The lowest BCUT2D eigenvalue weighted by Gasteiger charge is -2.23. The van der Waals surface area contributed by atoms with Gasteiger partial charge < -0.3 is 10.6 Å². The summed E-state index contributed by atoms with van der Waals surface area (Å²) in [6, 6.07) is 8.12. The largest absolute Gasteiger partial charge is 0.399 e. The van der Waals surface area contributed by atoms with E-state index in [-0.39, 0.29) is 0 Å². The zero-order chi connectivity index (χ0) is 16.1. The number of amides is 1. The zero-order valence-electron chi connectivity index (χ0n) is 14.0.